The van der Waals surface area contributed by atoms with Crippen molar-refractivity contribution in [3.05, 3.63) is 65.2 Å². The summed E-state index contributed by atoms with van der Waals surface area (Å²) in [6.45, 7) is 12.9. The maximum atomic E-state index is 5.21. The summed E-state index contributed by atoms with van der Waals surface area (Å²) in [7, 11) is 0. The molecule has 4 aromatic rings. The highest BCUT2D eigenvalue weighted by molar-refractivity contribution is 5.79. The van der Waals surface area contributed by atoms with E-state index in [0.29, 0.717) is 0 Å². The number of fused-ring (bicyclic) bond motifs is 1. The summed E-state index contributed by atoms with van der Waals surface area (Å²) < 4.78 is 2.40. The molecule has 1 atom stereocenters. The molecule has 1 radical (unpaired) electrons. The molecule has 0 aliphatic carbocycles. The zero-order chi connectivity index (χ0) is 21.8. The quantitative estimate of drug-likeness (QED) is 0.479. The third-order valence-electron chi connectivity index (χ3n) is 6.84. The number of aromatic nitrogens is 5. The highest BCUT2D eigenvalue weighted by Crippen LogP contribution is 2.45. The first kappa shape index (κ1) is 19.8. The van der Waals surface area contributed by atoms with Crippen LogP contribution in [0.5, 0.6) is 0 Å². The van der Waals surface area contributed by atoms with E-state index in [1.165, 1.54) is 22.2 Å². The minimum absolute atomic E-state index is 0.224. The average Bonchev–Trinajstić information content (AvgIpc) is 3.48. The maximum absolute atomic E-state index is 5.21. The molecule has 2 aromatic heterocycles. The standard InChI is InChI=1S/C25H29N6/c1-6-29-22-16-19(4)18(3)15-20(22)28-24(29)25(5)11-8-14-30(25)23-17(2)9-7-10-21(23)31-26-12-13-27-31/h7,9,12-13,15-16H,6,8,11,14H2,1-5H3/t25-/m0/s1. The van der Waals surface area contributed by atoms with Gasteiger partial charge in [0.25, 0.3) is 0 Å². The molecular formula is C25H29N6. The van der Waals surface area contributed by atoms with Gasteiger partial charge in [-0.15, -0.1) is 4.80 Å². The third-order valence-corrected chi connectivity index (χ3v) is 6.84. The Morgan fingerprint density at radius 2 is 1.81 bits per heavy atom. The van der Waals surface area contributed by atoms with Gasteiger partial charge in [0, 0.05) is 19.2 Å². The Balaban J connectivity index is 1.72. The van der Waals surface area contributed by atoms with Crippen LogP contribution in [0.15, 0.2) is 36.7 Å². The van der Waals surface area contributed by atoms with Crippen molar-refractivity contribution in [1.82, 2.24) is 24.5 Å². The van der Waals surface area contributed by atoms with Crippen molar-refractivity contribution in [3.63, 3.8) is 0 Å². The lowest BCUT2D eigenvalue weighted by Gasteiger charge is -2.38. The van der Waals surface area contributed by atoms with E-state index in [4.69, 9.17) is 4.98 Å². The zero-order valence-electron chi connectivity index (χ0n) is 19.0. The third kappa shape index (κ3) is 2.96. The molecule has 1 saturated heterocycles. The number of anilines is 1. The lowest BCUT2D eigenvalue weighted by molar-refractivity contribution is 0.439. The summed E-state index contributed by atoms with van der Waals surface area (Å²) in [4.78, 5) is 9.39. The van der Waals surface area contributed by atoms with Crippen LogP contribution >= 0.6 is 0 Å². The van der Waals surface area contributed by atoms with Crippen LogP contribution in [0.2, 0.25) is 0 Å². The van der Waals surface area contributed by atoms with Crippen molar-refractivity contribution in [3.8, 4) is 5.69 Å². The van der Waals surface area contributed by atoms with Gasteiger partial charge in [0.1, 0.15) is 11.5 Å². The molecule has 0 bridgehead atoms. The first-order valence-electron chi connectivity index (χ1n) is 11.1. The molecule has 5 rings (SSSR count). The van der Waals surface area contributed by atoms with Gasteiger partial charge in [-0.3, -0.25) is 0 Å². The monoisotopic (exact) mass is 413 g/mol. The van der Waals surface area contributed by atoms with Crippen LogP contribution in [0, 0.1) is 26.8 Å². The van der Waals surface area contributed by atoms with Gasteiger partial charge in [-0.25, -0.2) is 4.98 Å². The van der Waals surface area contributed by atoms with E-state index < -0.39 is 0 Å². The molecule has 1 aliphatic heterocycles. The van der Waals surface area contributed by atoms with Crippen LogP contribution in [0.1, 0.15) is 49.2 Å². The highest BCUT2D eigenvalue weighted by atomic mass is 15.5. The summed E-state index contributed by atoms with van der Waals surface area (Å²) in [5, 5.41) is 8.79. The lowest BCUT2D eigenvalue weighted by Crippen LogP contribution is -2.42. The van der Waals surface area contributed by atoms with E-state index in [2.05, 4.69) is 78.5 Å². The van der Waals surface area contributed by atoms with Crippen molar-refractivity contribution in [2.24, 2.45) is 0 Å². The molecule has 31 heavy (non-hydrogen) atoms. The minimum atomic E-state index is -0.224. The van der Waals surface area contributed by atoms with E-state index >= 15 is 0 Å². The lowest BCUT2D eigenvalue weighted by atomic mass is 9.96. The van der Waals surface area contributed by atoms with Gasteiger partial charge >= 0.3 is 0 Å². The number of rotatable bonds is 4. The second-order valence-electron chi connectivity index (χ2n) is 8.81. The number of aryl methyl sites for hydroxylation is 4. The SMILES string of the molecule is CCn1c([C@]2(C)CCCN2c2c(-n3nccn3)[c]ccc2C)nc2cc(C)c(C)cc21. The first-order chi connectivity index (χ1) is 14.9. The van der Waals surface area contributed by atoms with Crippen LogP contribution in [-0.4, -0.2) is 31.1 Å². The molecule has 1 fully saturated rings. The van der Waals surface area contributed by atoms with E-state index in [9.17, 15) is 0 Å². The molecule has 0 spiro atoms. The molecule has 0 N–H and O–H groups in total. The Labute approximate surface area is 183 Å². The fraction of sp³-hybridized carbons (Fsp3) is 0.400. The van der Waals surface area contributed by atoms with Crippen LogP contribution < -0.4 is 4.90 Å². The fourth-order valence-corrected chi connectivity index (χ4v) is 5.07. The normalized spacial score (nSPS) is 18.9. The van der Waals surface area contributed by atoms with E-state index in [1.807, 2.05) is 6.07 Å². The highest BCUT2D eigenvalue weighted by Gasteiger charge is 2.43. The fourth-order valence-electron chi connectivity index (χ4n) is 5.07. The van der Waals surface area contributed by atoms with Gasteiger partial charge in [0.05, 0.1) is 34.7 Å². The van der Waals surface area contributed by atoms with E-state index in [0.717, 1.165) is 48.6 Å². The largest absolute Gasteiger partial charge is 0.357 e. The predicted molar refractivity (Wildman–Crippen MR) is 124 cm³/mol. The second kappa shape index (κ2) is 7.22. The second-order valence-corrected chi connectivity index (χ2v) is 8.81. The number of nitrogens with zero attached hydrogens (tertiary/aromatic N) is 6. The van der Waals surface area contributed by atoms with Gasteiger partial charge in [-0.05, 0) is 76.3 Å². The summed E-state index contributed by atoms with van der Waals surface area (Å²) in [6, 6.07) is 12.0. The Bertz CT molecular complexity index is 1250. The number of hydrogen-bond acceptors (Lipinski definition) is 4. The van der Waals surface area contributed by atoms with Crippen molar-refractivity contribution in [1.29, 1.82) is 0 Å². The molecule has 2 aromatic carbocycles. The van der Waals surface area contributed by atoms with Crippen molar-refractivity contribution in [2.45, 2.75) is 59.5 Å². The first-order valence-corrected chi connectivity index (χ1v) is 11.1. The molecule has 0 saturated carbocycles. The Kier molecular flexibility index (Phi) is 4.61. The Hall–Kier alpha value is -3.15. The van der Waals surface area contributed by atoms with Gasteiger partial charge in [0.15, 0.2) is 0 Å². The van der Waals surface area contributed by atoms with E-state index in [-0.39, 0.29) is 5.54 Å². The smallest absolute Gasteiger partial charge is 0.135 e. The molecule has 3 heterocycles. The molecule has 6 heteroatoms. The molecular weight excluding hydrogens is 384 g/mol. The Morgan fingerprint density at radius 1 is 1.06 bits per heavy atom. The predicted octanol–water partition coefficient (Wildman–Crippen LogP) is 4.88. The molecule has 6 nitrogen and oxygen atoms in total. The van der Waals surface area contributed by atoms with Crippen molar-refractivity contribution < 1.29 is 0 Å². The van der Waals surface area contributed by atoms with Crippen LogP contribution in [0.25, 0.3) is 16.7 Å². The maximum Gasteiger partial charge on any atom is 0.135 e. The average molecular weight is 414 g/mol. The van der Waals surface area contributed by atoms with Crippen LogP contribution in [-0.2, 0) is 12.1 Å². The minimum Gasteiger partial charge on any atom is -0.357 e. The Morgan fingerprint density at radius 3 is 2.55 bits per heavy atom. The number of hydrogen-bond donors (Lipinski definition) is 0. The molecule has 0 unspecified atom stereocenters. The molecule has 0 amide bonds. The topological polar surface area (TPSA) is 51.8 Å². The summed E-state index contributed by atoms with van der Waals surface area (Å²) in [5.74, 6) is 1.13. The van der Waals surface area contributed by atoms with Gasteiger partial charge < -0.3 is 9.47 Å². The van der Waals surface area contributed by atoms with Gasteiger partial charge in [-0.1, -0.05) is 12.1 Å². The number of benzene rings is 2. The van der Waals surface area contributed by atoms with Crippen LogP contribution in [0.3, 0.4) is 0 Å². The van der Waals surface area contributed by atoms with Crippen LogP contribution in [0.4, 0.5) is 5.69 Å². The van der Waals surface area contributed by atoms with Crippen molar-refractivity contribution >= 4 is 16.7 Å². The van der Waals surface area contributed by atoms with Gasteiger partial charge in [0.2, 0.25) is 0 Å². The molecule has 1 aliphatic rings. The number of imidazole rings is 1. The molecule has 159 valence electrons. The van der Waals surface area contributed by atoms with E-state index in [1.54, 1.807) is 17.2 Å². The summed E-state index contributed by atoms with van der Waals surface area (Å²) in [6.07, 6.45) is 5.59. The van der Waals surface area contributed by atoms with Gasteiger partial charge in [-0.2, -0.15) is 10.2 Å². The zero-order valence-corrected chi connectivity index (χ0v) is 19.0. The summed E-state index contributed by atoms with van der Waals surface area (Å²) >= 11 is 0. The summed E-state index contributed by atoms with van der Waals surface area (Å²) in [5.41, 5.74) is 7.90. The van der Waals surface area contributed by atoms with Crippen molar-refractivity contribution in [2.75, 3.05) is 11.4 Å².